The maximum absolute atomic E-state index is 4.29. The zero-order valence-corrected chi connectivity index (χ0v) is 10.4. The number of aromatic nitrogens is 2. The minimum absolute atomic E-state index is 0.351. The van der Waals surface area contributed by atoms with Gasteiger partial charge in [0.15, 0.2) is 0 Å². The maximum Gasteiger partial charge on any atom is 0.106 e. The molecule has 1 atom stereocenters. The number of nitrogens with zero attached hydrogens (tertiary/aromatic N) is 2. The molecule has 0 fully saturated rings. The number of imidazole rings is 1. The summed E-state index contributed by atoms with van der Waals surface area (Å²) in [5.74, 6) is 1.06. The van der Waals surface area contributed by atoms with Crippen LogP contribution < -0.4 is 0 Å². The number of benzene rings is 1. The van der Waals surface area contributed by atoms with E-state index in [0.717, 1.165) is 5.82 Å². The molecule has 84 valence electrons. The fourth-order valence-corrected chi connectivity index (χ4v) is 2.42. The first kappa shape index (κ1) is 10.9. The molecule has 0 saturated carbocycles. The van der Waals surface area contributed by atoms with Crippen LogP contribution in [0.2, 0.25) is 0 Å². The van der Waals surface area contributed by atoms with Crippen LogP contribution in [0.25, 0.3) is 0 Å². The van der Waals surface area contributed by atoms with Gasteiger partial charge in [-0.1, -0.05) is 18.2 Å². The van der Waals surface area contributed by atoms with Crippen LogP contribution in [0.1, 0.15) is 35.5 Å². The van der Waals surface area contributed by atoms with Gasteiger partial charge in [0.2, 0.25) is 0 Å². The highest BCUT2D eigenvalue weighted by Gasteiger charge is 2.13. The Morgan fingerprint density at radius 2 is 1.75 bits per heavy atom. The first-order chi connectivity index (χ1) is 7.61. The van der Waals surface area contributed by atoms with Gasteiger partial charge < -0.3 is 4.57 Å². The molecule has 2 rings (SSSR count). The Balaban J connectivity index is 2.49. The quantitative estimate of drug-likeness (QED) is 0.749. The Kier molecular flexibility index (Phi) is 2.82. The molecular formula is C14H18N2. The topological polar surface area (TPSA) is 17.8 Å². The van der Waals surface area contributed by atoms with Gasteiger partial charge in [-0.25, -0.2) is 4.98 Å². The Bertz CT molecular complexity index is 477. The molecule has 16 heavy (non-hydrogen) atoms. The summed E-state index contributed by atoms with van der Waals surface area (Å²) in [6.07, 6.45) is 3.91. The minimum Gasteiger partial charge on any atom is -0.328 e. The molecule has 0 aliphatic heterocycles. The summed E-state index contributed by atoms with van der Waals surface area (Å²) in [5.41, 5.74) is 4.10. The van der Waals surface area contributed by atoms with Crippen molar-refractivity contribution >= 4 is 0 Å². The zero-order valence-electron chi connectivity index (χ0n) is 10.4. The van der Waals surface area contributed by atoms with E-state index < -0.39 is 0 Å². The molecule has 1 unspecified atom stereocenters. The lowest BCUT2D eigenvalue weighted by atomic mass is 9.97. The van der Waals surface area contributed by atoms with Gasteiger partial charge in [-0.05, 0) is 44.4 Å². The molecule has 2 aromatic rings. The monoisotopic (exact) mass is 214 g/mol. The van der Waals surface area contributed by atoms with Crippen molar-refractivity contribution in [2.75, 3.05) is 0 Å². The second kappa shape index (κ2) is 4.12. The van der Waals surface area contributed by atoms with Gasteiger partial charge in [0.25, 0.3) is 0 Å². The molecular weight excluding hydrogens is 196 g/mol. The van der Waals surface area contributed by atoms with Gasteiger partial charge in [0.1, 0.15) is 5.82 Å². The highest BCUT2D eigenvalue weighted by atomic mass is 15.1. The summed E-state index contributed by atoms with van der Waals surface area (Å²) in [6, 6.07) is 6.81. The van der Waals surface area contributed by atoms with Crippen LogP contribution in [0.4, 0.5) is 0 Å². The van der Waals surface area contributed by atoms with Crippen molar-refractivity contribution in [3.63, 3.8) is 0 Å². The number of rotatable bonds is 2. The maximum atomic E-state index is 4.29. The third-order valence-electron chi connectivity index (χ3n) is 3.24. The van der Waals surface area contributed by atoms with Gasteiger partial charge in [0, 0.05) is 12.4 Å². The van der Waals surface area contributed by atoms with E-state index in [1.54, 1.807) is 0 Å². The average molecular weight is 214 g/mol. The lowest BCUT2D eigenvalue weighted by Crippen LogP contribution is -2.10. The minimum atomic E-state index is 0.351. The smallest absolute Gasteiger partial charge is 0.106 e. The molecule has 1 heterocycles. The Morgan fingerprint density at radius 1 is 1.12 bits per heavy atom. The molecule has 1 aromatic heterocycles. The zero-order chi connectivity index (χ0) is 11.7. The predicted molar refractivity (Wildman–Crippen MR) is 66.7 cm³/mol. The van der Waals surface area contributed by atoms with Crippen LogP contribution in [0.15, 0.2) is 30.6 Å². The lowest BCUT2D eigenvalue weighted by Gasteiger charge is -2.20. The van der Waals surface area contributed by atoms with Crippen LogP contribution in [-0.2, 0) is 0 Å². The van der Waals surface area contributed by atoms with E-state index in [9.17, 15) is 0 Å². The van der Waals surface area contributed by atoms with Crippen molar-refractivity contribution in [2.45, 2.75) is 33.7 Å². The summed E-state index contributed by atoms with van der Waals surface area (Å²) in [7, 11) is 0. The van der Waals surface area contributed by atoms with E-state index in [-0.39, 0.29) is 0 Å². The summed E-state index contributed by atoms with van der Waals surface area (Å²) in [4.78, 5) is 4.29. The predicted octanol–water partition coefficient (Wildman–Crippen LogP) is 3.42. The Morgan fingerprint density at radius 3 is 2.25 bits per heavy atom. The molecule has 0 spiro atoms. The number of hydrogen-bond donors (Lipinski definition) is 0. The molecule has 0 aliphatic carbocycles. The largest absolute Gasteiger partial charge is 0.328 e. The number of hydrogen-bond acceptors (Lipinski definition) is 1. The van der Waals surface area contributed by atoms with Gasteiger partial charge in [0.05, 0.1) is 6.04 Å². The summed E-state index contributed by atoms with van der Waals surface area (Å²) in [6.45, 7) is 8.62. The Hall–Kier alpha value is -1.57. The van der Waals surface area contributed by atoms with Gasteiger partial charge in [-0.3, -0.25) is 0 Å². The molecule has 0 aliphatic rings. The molecule has 0 bridgehead atoms. The molecule has 1 aromatic carbocycles. The van der Waals surface area contributed by atoms with E-state index in [1.165, 1.54) is 16.7 Å². The third-order valence-corrected chi connectivity index (χ3v) is 3.24. The van der Waals surface area contributed by atoms with Crippen LogP contribution in [0.5, 0.6) is 0 Å². The fraction of sp³-hybridized carbons (Fsp3) is 0.357. The molecule has 2 nitrogen and oxygen atoms in total. The van der Waals surface area contributed by atoms with E-state index in [4.69, 9.17) is 0 Å². The van der Waals surface area contributed by atoms with E-state index in [0.29, 0.717) is 6.04 Å². The van der Waals surface area contributed by atoms with Gasteiger partial charge in [-0.2, -0.15) is 0 Å². The van der Waals surface area contributed by atoms with Gasteiger partial charge >= 0.3 is 0 Å². The standard InChI is InChI=1S/C14H18N2/c1-10-6-5-7-11(2)14(10)12(3)16-9-8-15-13(16)4/h5-9,12H,1-4H3. The summed E-state index contributed by atoms with van der Waals surface area (Å²) >= 11 is 0. The average Bonchev–Trinajstić information content (AvgIpc) is 2.64. The fourth-order valence-electron chi connectivity index (χ4n) is 2.42. The summed E-state index contributed by atoms with van der Waals surface area (Å²) in [5, 5.41) is 0. The summed E-state index contributed by atoms with van der Waals surface area (Å²) < 4.78 is 2.22. The molecule has 0 saturated heterocycles. The molecule has 0 radical (unpaired) electrons. The highest BCUT2D eigenvalue weighted by molar-refractivity contribution is 5.36. The first-order valence-electron chi connectivity index (χ1n) is 5.67. The van der Waals surface area contributed by atoms with Crippen molar-refractivity contribution in [3.05, 3.63) is 53.1 Å². The lowest BCUT2D eigenvalue weighted by molar-refractivity contribution is 0.612. The van der Waals surface area contributed by atoms with Crippen LogP contribution in [0.3, 0.4) is 0 Å². The van der Waals surface area contributed by atoms with Crippen LogP contribution in [-0.4, -0.2) is 9.55 Å². The highest BCUT2D eigenvalue weighted by Crippen LogP contribution is 2.25. The second-order valence-electron chi connectivity index (χ2n) is 4.36. The van der Waals surface area contributed by atoms with Crippen molar-refractivity contribution < 1.29 is 0 Å². The molecule has 0 N–H and O–H groups in total. The molecule has 2 heteroatoms. The van der Waals surface area contributed by atoms with Crippen molar-refractivity contribution in [1.29, 1.82) is 0 Å². The van der Waals surface area contributed by atoms with Crippen molar-refractivity contribution in [1.82, 2.24) is 9.55 Å². The first-order valence-corrected chi connectivity index (χ1v) is 5.67. The third kappa shape index (κ3) is 1.75. The van der Waals surface area contributed by atoms with E-state index in [2.05, 4.69) is 48.5 Å². The van der Waals surface area contributed by atoms with Crippen LogP contribution in [0, 0.1) is 20.8 Å². The van der Waals surface area contributed by atoms with Gasteiger partial charge in [-0.15, -0.1) is 0 Å². The van der Waals surface area contributed by atoms with Crippen LogP contribution >= 0.6 is 0 Å². The SMILES string of the molecule is Cc1cccc(C)c1C(C)n1ccnc1C. The molecule has 0 amide bonds. The Labute approximate surface area is 97.0 Å². The number of aryl methyl sites for hydroxylation is 3. The second-order valence-corrected chi connectivity index (χ2v) is 4.36. The van der Waals surface area contributed by atoms with E-state index in [1.807, 2.05) is 19.3 Å². The normalized spacial score (nSPS) is 12.8. The van der Waals surface area contributed by atoms with Crippen molar-refractivity contribution in [2.24, 2.45) is 0 Å². The van der Waals surface area contributed by atoms with Crippen molar-refractivity contribution in [3.8, 4) is 0 Å². The van der Waals surface area contributed by atoms with E-state index >= 15 is 0 Å².